The van der Waals surface area contributed by atoms with Crippen LogP contribution < -0.4 is 19.7 Å². The highest BCUT2D eigenvalue weighted by Gasteiger charge is 2.27. The van der Waals surface area contributed by atoms with Crippen molar-refractivity contribution in [2.75, 3.05) is 32.2 Å². The number of anilines is 1. The van der Waals surface area contributed by atoms with Crippen molar-refractivity contribution in [1.29, 1.82) is 0 Å². The van der Waals surface area contributed by atoms with Crippen LogP contribution in [0, 0.1) is 13.8 Å². The van der Waals surface area contributed by atoms with E-state index in [1.165, 1.54) is 0 Å². The van der Waals surface area contributed by atoms with E-state index in [-0.39, 0.29) is 6.04 Å². The number of nitrogens with one attached hydrogen (secondary N) is 1. The number of amides is 1. The van der Waals surface area contributed by atoms with E-state index in [1.54, 1.807) is 14.2 Å². The number of aromatic nitrogens is 3. The maximum Gasteiger partial charge on any atom is 0.404 e. The van der Waals surface area contributed by atoms with Gasteiger partial charge in [0.05, 0.1) is 43.0 Å². The lowest BCUT2D eigenvalue weighted by molar-refractivity contribution is 0.191. The minimum Gasteiger partial charge on any atom is -0.493 e. The Kier molecular flexibility index (Phi) is 5.11. The number of carbonyl (C=O) groups is 1. The Morgan fingerprint density at radius 2 is 1.97 bits per heavy atom. The number of carboxylic acid groups (broad SMARTS) is 1. The molecule has 0 spiro atoms. The standard InChI is InChI=1S/C21H25N5O4/c1-12-9-16(25-8-7-15(11-25)23-21(27)28)20-22-13(2)19(26(20)24-12)14-5-6-17(29-3)18(10-14)30-4/h5-6,9-10,15,23H,7-8,11H2,1-4H3,(H,27,28). The Morgan fingerprint density at radius 3 is 2.67 bits per heavy atom. The Hall–Kier alpha value is -3.49. The molecule has 4 rings (SSSR count). The monoisotopic (exact) mass is 411 g/mol. The third-order valence-electron chi connectivity index (χ3n) is 5.37. The Labute approximate surface area is 174 Å². The van der Waals surface area contributed by atoms with Gasteiger partial charge in [-0.05, 0) is 44.5 Å². The molecule has 1 aromatic carbocycles. The summed E-state index contributed by atoms with van der Waals surface area (Å²) in [4.78, 5) is 18.0. The van der Waals surface area contributed by atoms with Crippen molar-refractivity contribution >= 4 is 17.4 Å². The fourth-order valence-electron chi connectivity index (χ4n) is 4.05. The highest BCUT2D eigenvalue weighted by Crippen LogP contribution is 2.35. The molecule has 1 fully saturated rings. The Bertz CT molecular complexity index is 1110. The zero-order valence-corrected chi connectivity index (χ0v) is 17.5. The normalized spacial score (nSPS) is 16.1. The number of nitrogens with zero attached hydrogens (tertiary/aromatic N) is 4. The van der Waals surface area contributed by atoms with Crippen molar-refractivity contribution in [3.05, 3.63) is 35.7 Å². The summed E-state index contributed by atoms with van der Waals surface area (Å²) in [6.45, 7) is 5.25. The van der Waals surface area contributed by atoms with Crippen molar-refractivity contribution in [2.45, 2.75) is 26.3 Å². The molecule has 0 aliphatic carbocycles. The number of fused-ring (bicyclic) bond motifs is 1. The minimum atomic E-state index is -0.995. The third kappa shape index (κ3) is 3.47. The summed E-state index contributed by atoms with van der Waals surface area (Å²) in [6, 6.07) is 7.65. The molecule has 1 unspecified atom stereocenters. The molecule has 0 bridgehead atoms. The van der Waals surface area contributed by atoms with Gasteiger partial charge in [0.1, 0.15) is 0 Å². The van der Waals surface area contributed by atoms with E-state index < -0.39 is 6.09 Å². The van der Waals surface area contributed by atoms with E-state index in [0.29, 0.717) is 18.0 Å². The molecule has 9 heteroatoms. The van der Waals surface area contributed by atoms with E-state index in [1.807, 2.05) is 42.6 Å². The highest BCUT2D eigenvalue weighted by molar-refractivity contribution is 5.77. The van der Waals surface area contributed by atoms with E-state index in [2.05, 4.69) is 10.2 Å². The van der Waals surface area contributed by atoms with E-state index in [0.717, 1.165) is 46.9 Å². The molecule has 1 aliphatic heterocycles. The van der Waals surface area contributed by atoms with Crippen LogP contribution in [0.2, 0.25) is 0 Å². The fourth-order valence-corrected chi connectivity index (χ4v) is 4.05. The first-order valence-corrected chi connectivity index (χ1v) is 9.75. The first kappa shape index (κ1) is 19.8. The summed E-state index contributed by atoms with van der Waals surface area (Å²) in [7, 11) is 3.22. The third-order valence-corrected chi connectivity index (χ3v) is 5.37. The van der Waals surface area contributed by atoms with Gasteiger partial charge in [0.2, 0.25) is 0 Å². The van der Waals surface area contributed by atoms with Gasteiger partial charge in [-0.1, -0.05) is 0 Å². The molecule has 1 amide bonds. The topological polar surface area (TPSA) is 101 Å². The number of aryl methyl sites for hydroxylation is 2. The second-order valence-electron chi connectivity index (χ2n) is 7.40. The molecule has 1 aliphatic rings. The van der Waals surface area contributed by atoms with Crippen LogP contribution in [0.15, 0.2) is 24.3 Å². The van der Waals surface area contributed by atoms with Crippen molar-refractivity contribution in [2.24, 2.45) is 0 Å². The molecule has 158 valence electrons. The fraction of sp³-hybridized carbons (Fsp3) is 0.381. The molecule has 0 saturated carbocycles. The molecule has 3 aromatic rings. The SMILES string of the molecule is COc1ccc(-c2c(C)nc3c(N4CCC(NC(=O)O)C4)cc(C)nn23)cc1OC. The summed E-state index contributed by atoms with van der Waals surface area (Å²) in [5, 5.41) is 16.3. The number of benzene rings is 1. The van der Waals surface area contributed by atoms with E-state index in [9.17, 15) is 4.79 Å². The summed E-state index contributed by atoms with van der Waals surface area (Å²) in [5.41, 5.74) is 5.21. The first-order chi connectivity index (χ1) is 14.4. The van der Waals surface area contributed by atoms with Crippen LogP contribution in [0.3, 0.4) is 0 Å². The van der Waals surface area contributed by atoms with Crippen molar-refractivity contribution in [1.82, 2.24) is 19.9 Å². The molecule has 30 heavy (non-hydrogen) atoms. The first-order valence-electron chi connectivity index (χ1n) is 9.75. The number of rotatable bonds is 5. The van der Waals surface area contributed by atoms with Crippen LogP contribution >= 0.6 is 0 Å². The van der Waals surface area contributed by atoms with Crippen LogP contribution in [-0.4, -0.2) is 59.1 Å². The summed E-state index contributed by atoms with van der Waals surface area (Å²) >= 11 is 0. The molecule has 0 radical (unpaired) electrons. The van der Waals surface area contributed by atoms with Gasteiger partial charge in [-0.3, -0.25) is 0 Å². The second-order valence-corrected chi connectivity index (χ2v) is 7.40. The second kappa shape index (κ2) is 7.74. The molecule has 1 atom stereocenters. The van der Waals surface area contributed by atoms with Crippen molar-refractivity contribution in [3.8, 4) is 22.8 Å². The average molecular weight is 411 g/mol. The van der Waals surface area contributed by atoms with Crippen molar-refractivity contribution < 1.29 is 19.4 Å². The van der Waals surface area contributed by atoms with Gasteiger partial charge in [-0.2, -0.15) is 5.10 Å². The summed E-state index contributed by atoms with van der Waals surface area (Å²) in [6.07, 6.45) is -0.243. The number of hydrogen-bond acceptors (Lipinski definition) is 6. The summed E-state index contributed by atoms with van der Waals surface area (Å²) in [5.74, 6) is 1.30. The zero-order chi connectivity index (χ0) is 21.4. The minimum absolute atomic E-state index is 0.0996. The van der Waals surface area contributed by atoms with Crippen molar-refractivity contribution in [3.63, 3.8) is 0 Å². The van der Waals surface area contributed by atoms with Gasteiger partial charge >= 0.3 is 6.09 Å². The number of imidazole rings is 1. The van der Waals surface area contributed by atoms with E-state index >= 15 is 0 Å². The van der Waals surface area contributed by atoms with Crippen LogP contribution in [0.5, 0.6) is 11.5 Å². The van der Waals surface area contributed by atoms with E-state index in [4.69, 9.17) is 24.7 Å². The van der Waals surface area contributed by atoms with Gasteiger partial charge in [-0.15, -0.1) is 0 Å². The maximum atomic E-state index is 11.0. The number of ether oxygens (including phenoxy) is 2. The Morgan fingerprint density at radius 1 is 1.20 bits per heavy atom. The predicted octanol–water partition coefficient (Wildman–Crippen LogP) is 2.88. The molecule has 2 aromatic heterocycles. The smallest absolute Gasteiger partial charge is 0.404 e. The van der Waals surface area contributed by atoms with Gasteiger partial charge in [0, 0.05) is 18.7 Å². The predicted molar refractivity (Wildman–Crippen MR) is 113 cm³/mol. The number of methoxy groups -OCH3 is 2. The quantitative estimate of drug-likeness (QED) is 0.666. The Balaban J connectivity index is 1.79. The van der Waals surface area contributed by atoms with Gasteiger partial charge in [-0.25, -0.2) is 14.3 Å². The molecule has 3 heterocycles. The van der Waals surface area contributed by atoms with Crippen LogP contribution in [0.4, 0.5) is 10.5 Å². The van der Waals surface area contributed by atoms with Gasteiger partial charge in [0.15, 0.2) is 17.1 Å². The zero-order valence-electron chi connectivity index (χ0n) is 17.5. The lowest BCUT2D eigenvalue weighted by atomic mass is 10.1. The van der Waals surface area contributed by atoms with Crippen LogP contribution in [-0.2, 0) is 0 Å². The lowest BCUT2D eigenvalue weighted by Crippen LogP contribution is -2.36. The summed E-state index contributed by atoms with van der Waals surface area (Å²) < 4.78 is 12.7. The average Bonchev–Trinajstić information content (AvgIpc) is 3.30. The molecular formula is C21H25N5O4. The molecular weight excluding hydrogens is 386 g/mol. The molecule has 2 N–H and O–H groups in total. The van der Waals surface area contributed by atoms with Crippen LogP contribution in [0.25, 0.3) is 16.9 Å². The highest BCUT2D eigenvalue weighted by atomic mass is 16.5. The van der Waals surface area contributed by atoms with Gasteiger partial charge in [0.25, 0.3) is 0 Å². The maximum absolute atomic E-state index is 11.0. The van der Waals surface area contributed by atoms with Crippen LogP contribution in [0.1, 0.15) is 17.8 Å². The largest absolute Gasteiger partial charge is 0.493 e. The lowest BCUT2D eigenvalue weighted by Gasteiger charge is -2.20. The number of hydrogen-bond donors (Lipinski definition) is 2. The molecule has 1 saturated heterocycles. The van der Waals surface area contributed by atoms with Gasteiger partial charge < -0.3 is 24.8 Å². The molecule has 9 nitrogen and oxygen atoms in total.